The smallest absolute Gasteiger partial charge is 0.250 e. The lowest BCUT2D eigenvalue weighted by molar-refractivity contribution is 0.917. The van der Waals surface area contributed by atoms with Crippen molar-refractivity contribution < 1.29 is 0 Å². The van der Waals surface area contributed by atoms with Crippen LogP contribution in [0.4, 0.5) is 5.95 Å². The molecule has 0 atom stereocenters. The van der Waals surface area contributed by atoms with Crippen LogP contribution in [0, 0.1) is 0 Å². The zero-order chi connectivity index (χ0) is 10.1. The van der Waals surface area contributed by atoms with Gasteiger partial charge in [-0.25, -0.2) is 4.98 Å². The zero-order valence-corrected chi connectivity index (χ0v) is 8.61. The van der Waals surface area contributed by atoms with Crippen LogP contribution in [0.1, 0.15) is 11.6 Å². The Hall–Kier alpha value is -0.580. The average molecular weight is 239 g/mol. The fourth-order valence-corrected chi connectivity index (χ4v) is 0.881. The zero-order valence-electron chi connectivity index (χ0n) is 6.34. The maximum atomic E-state index is 5.55. The second kappa shape index (κ2) is 3.65. The fraction of sp³-hybridized carbons (Fsp3) is 0.167. The van der Waals surface area contributed by atoms with E-state index in [1.165, 1.54) is 6.08 Å². The molecule has 7 heteroatoms. The first kappa shape index (κ1) is 10.5. The predicted octanol–water partition coefficient (Wildman–Crippen LogP) is 1.92. The molecule has 1 heterocycles. The van der Waals surface area contributed by atoms with E-state index in [9.17, 15) is 0 Å². The third-order valence-electron chi connectivity index (χ3n) is 1.11. The molecular formula is C6H5Cl3N4. The average Bonchev–Trinajstić information content (AvgIpc) is 2.01. The van der Waals surface area contributed by atoms with Gasteiger partial charge in [-0.1, -0.05) is 41.4 Å². The number of halogens is 3. The Labute approximate surface area is 89.7 Å². The summed E-state index contributed by atoms with van der Waals surface area (Å²) in [6.07, 6.45) is 1.39. The first-order chi connectivity index (χ1) is 5.93. The summed E-state index contributed by atoms with van der Waals surface area (Å²) in [5.41, 5.74) is 5.35. The lowest BCUT2D eigenvalue weighted by Gasteiger charge is -2.09. The molecule has 0 unspecified atom stereocenters. The van der Waals surface area contributed by atoms with Gasteiger partial charge in [0.2, 0.25) is 9.74 Å². The fourth-order valence-electron chi connectivity index (χ4n) is 0.627. The van der Waals surface area contributed by atoms with Crippen LogP contribution >= 0.6 is 34.8 Å². The predicted molar refractivity (Wildman–Crippen MR) is 53.6 cm³/mol. The molecule has 0 saturated carbocycles. The molecule has 0 bridgehead atoms. The maximum absolute atomic E-state index is 5.55. The van der Waals surface area contributed by atoms with Crippen molar-refractivity contribution >= 4 is 46.8 Å². The van der Waals surface area contributed by atoms with Gasteiger partial charge in [0.25, 0.3) is 0 Å². The summed E-state index contributed by atoms with van der Waals surface area (Å²) in [4.78, 5) is 11.2. The molecule has 0 saturated heterocycles. The van der Waals surface area contributed by atoms with Gasteiger partial charge in [0.1, 0.15) is 0 Å². The van der Waals surface area contributed by atoms with Gasteiger partial charge in [0.15, 0.2) is 11.6 Å². The first-order valence-corrected chi connectivity index (χ1v) is 4.28. The molecule has 0 amide bonds. The molecule has 1 aromatic heterocycles. The largest absolute Gasteiger partial charge is 0.368 e. The van der Waals surface area contributed by atoms with Crippen molar-refractivity contribution in [3.63, 3.8) is 0 Å². The number of nitrogen functional groups attached to an aromatic ring is 1. The minimum atomic E-state index is -1.70. The molecule has 0 spiro atoms. The minimum Gasteiger partial charge on any atom is -0.368 e. The summed E-state index contributed by atoms with van der Waals surface area (Å²) in [6.45, 7) is 3.46. The highest BCUT2D eigenvalue weighted by Gasteiger charge is 2.27. The molecule has 1 rings (SSSR count). The molecule has 0 aromatic carbocycles. The highest BCUT2D eigenvalue weighted by molar-refractivity contribution is 6.66. The van der Waals surface area contributed by atoms with Crippen molar-refractivity contribution in [1.29, 1.82) is 0 Å². The van der Waals surface area contributed by atoms with Crippen LogP contribution < -0.4 is 5.73 Å². The lowest BCUT2D eigenvalue weighted by Crippen LogP contribution is -2.12. The Kier molecular flexibility index (Phi) is 2.95. The number of hydrogen-bond acceptors (Lipinski definition) is 4. The van der Waals surface area contributed by atoms with Gasteiger partial charge >= 0.3 is 0 Å². The highest BCUT2D eigenvalue weighted by atomic mass is 35.6. The second-order valence-corrected chi connectivity index (χ2v) is 4.36. The standard InChI is InChI=1S/C6H5Cl3N4/c1-2-3-11-4(6(7,8)9)13-5(10)12-3/h2H,1H2,(H2,10,11,12,13). The number of aromatic nitrogens is 3. The Balaban J connectivity index is 3.24. The van der Waals surface area contributed by atoms with Crippen LogP contribution in [0.15, 0.2) is 6.58 Å². The normalized spacial score (nSPS) is 11.3. The van der Waals surface area contributed by atoms with Crippen LogP contribution in [0.3, 0.4) is 0 Å². The summed E-state index contributed by atoms with van der Waals surface area (Å²) in [7, 11) is 0. The van der Waals surface area contributed by atoms with Gasteiger partial charge in [-0.2, -0.15) is 9.97 Å². The van der Waals surface area contributed by atoms with Crippen LogP contribution in [-0.2, 0) is 3.79 Å². The van der Waals surface area contributed by atoms with E-state index in [2.05, 4.69) is 21.5 Å². The molecule has 0 aliphatic rings. The van der Waals surface area contributed by atoms with E-state index in [0.29, 0.717) is 0 Å². The van der Waals surface area contributed by atoms with E-state index in [4.69, 9.17) is 40.5 Å². The summed E-state index contributed by atoms with van der Waals surface area (Å²) < 4.78 is -1.70. The first-order valence-electron chi connectivity index (χ1n) is 3.14. The molecule has 0 aliphatic heterocycles. The highest BCUT2D eigenvalue weighted by Crippen LogP contribution is 2.35. The van der Waals surface area contributed by atoms with Gasteiger partial charge in [-0.05, 0) is 6.08 Å². The van der Waals surface area contributed by atoms with Crippen LogP contribution in [0.5, 0.6) is 0 Å². The van der Waals surface area contributed by atoms with Gasteiger partial charge < -0.3 is 5.73 Å². The Morgan fingerprint density at radius 2 is 1.85 bits per heavy atom. The van der Waals surface area contributed by atoms with Crippen molar-refractivity contribution in [2.75, 3.05) is 5.73 Å². The maximum Gasteiger partial charge on any atom is 0.250 e. The van der Waals surface area contributed by atoms with E-state index >= 15 is 0 Å². The van der Waals surface area contributed by atoms with E-state index in [1.54, 1.807) is 0 Å². The van der Waals surface area contributed by atoms with Crippen molar-refractivity contribution in [2.24, 2.45) is 0 Å². The molecule has 0 radical (unpaired) electrons. The number of hydrogen-bond donors (Lipinski definition) is 1. The number of alkyl halides is 3. The van der Waals surface area contributed by atoms with Crippen molar-refractivity contribution in [3.05, 3.63) is 18.2 Å². The topological polar surface area (TPSA) is 64.7 Å². The molecule has 70 valence electrons. The Bertz CT molecular complexity index is 333. The van der Waals surface area contributed by atoms with Crippen molar-refractivity contribution in [1.82, 2.24) is 15.0 Å². The molecule has 4 nitrogen and oxygen atoms in total. The van der Waals surface area contributed by atoms with Crippen molar-refractivity contribution in [2.45, 2.75) is 3.79 Å². The summed E-state index contributed by atoms with van der Waals surface area (Å²) in [5, 5.41) is 0. The third kappa shape index (κ3) is 2.69. The van der Waals surface area contributed by atoms with Gasteiger partial charge in [0, 0.05) is 0 Å². The number of rotatable bonds is 1. The molecule has 1 aromatic rings. The van der Waals surface area contributed by atoms with E-state index in [-0.39, 0.29) is 17.6 Å². The molecule has 0 aliphatic carbocycles. The lowest BCUT2D eigenvalue weighted by atomic mass is 10.5. The van der Waals surface area contributed by atoms with E-state index < -0.39 is 3.79 Å². The van der Waals surface area contributed by atoms with Gasteiger partial charge in [-0.3, -0.25) is 0 Å². The summed E-state index contributed by atoms with van der Waals surface area (Å²) >= 11 is 16.6. The molecule has 0 fully saturated rings. The van der Waals surface area contributed by atoms with Gasteiger partial charge in [-0.15, -0.1) is 0 Å². The second-order valence-electron chi connectivity index (χ2n) is 2.08. The Morgan fingerprint density at radius 1 is 1.23 bits per heavy atom. The van der Waals surface area contributed by atoms with Crippen molar-refractivity contribution in [3.8, 4) is 0 Å². The van der Waals surface area contributed by atoms with E-state index in [1.807, 2.05) is 0 Å². The third-order valence-corrected chi connectivity index (χ3v) is 1.61. The quantitative estimate of drug-likeness (QED) is 0.761. The number of anilines is 1. The molecule has 2 N–H and O–H groups in total. The van der Waals surface area contributed by atoms with Crippen LogP contribution in [-0.4, -0.2) is 15.0 Å². The number of nitrogens with zero attached hydrogens (tertiary/aromatic N) is 3. The number of nitrogens with two attached hydrogens (primary N) is 1. The summed E-state index contributed by atoms with van der Waals surface area (Å²) in [6, 6.07) is 0. The van der Waals surface area contributed by atoms with Crippen LogP contribution in [0.2, 0.25) is 0 Å². The van der Waals surface area contributed by atoms with Gasteiger partial charge in [0.05, 0.1) is 0 Å². The van der Waals surface area contributed by atoms with Crippen LogP contribution in [0.25, 0.3) is 6.08 Å². The monoisotopic (exact) mass is 238 g/mol. The van der Waals surface area contributed by atoms with E-state index in [0.717, 1.165) is 0 Å². The SMILES string of the molecule is C=Cc1nc(N)nc(C(Cl)(Cl)Cl)n1. The Morgan fingerprint density at radius 3 is 2.31 bits per heavy atom. The minimum absolute atomic E-state index is 0.00812. The molecular weight excluding hydrogens is 234 g/mol. The summed E-state index contributed by atoms with van der Waals surface area (Å²) in [5.74, 6) is 0.250. The molecule has 13 heavy (non-hydrogen) atoms.